The monoisotopic (exact) mass is 253 g/mol. The molecule has 0 bridgehead atoms. The molecule has 1 N–H and O–H groups in total. The van der Waals surface area contributed by atoms with Crippen LogP contribution in [0, 0.1) is 12.8 Å². The van der Waals surface area contributed by atoms with Gasteiger partial charge >= 0.3 is 0 Å². The molecule has 104 valence electrons. The van der Waals surface area contributed by atoms with Gasteiger partial charge in [0, 0.05) is 25.7 Å². The first kappa shape index (κ1) is 15.2. The number of nitrogens with one attached hydrogen (secondary N) is 1. The van der Waals surface area contributed by atoms with Gasteiger partial charge < -0.3 is 10.1 Å². The SMILES string of the molecule is CCOCC(NCc1cc(C)nn1CC)C(C)C. The topological polar surface area (TPSA) is 39.1 Å². The minimum atomic E-state index is 0.394. The zero-order valence-electron chi connectivity index (χ0n) is 12.4. The number of aromatic nitrogens is 2. The molecule has 0 aliphatic carbocycles. The van der Waals surface area contributed by atoms with E-state index in [9.17, 15) is 0 Å². The number of ether oxygens (including phenoxy) is 1. The molecule has 1 rings (SSSR count). The Morgan fingerprint density at radius 2 is 2.11 bits per heavy atom. The summed E-state index contributed by atoms with van der Waals surface area (Å²) >= 11 is 0. The zero-order chi connectivity index (χ0) is 13.5. The highest BCUT2D eigenvalue weighted by Crippen LogP contribution is 2.07. The first-order valence-corrected chi connectivity index (χ1v) is 6.92. The normalized spacial score (nSPS) is 13.2. The number of hydrogen-bond donors (Lipinski definition) is 1. The number of nitrogens with zero attached hydrogens (tertiary/aromatic N) is 2. The predicted octanol–water partition coefficient (Wildman–Crippen LogP) is 2.36. The molecule has 4 heteroatoms. The average molecular weight is 253 g/mol. The van der Waals surface area contributed by atoms with E-state index in [0.29, 0.717) is 12.0 Å². The summed E-state index contributed by atoms with van der Waals surface area (Å²) in [5.74, 6) is 0.565. The van der Waals surface area contributed by atoms with Crippen molar-refractivity contribution in [1.82, 2.24) is 15.1 Å². The molecule has 1 aromatic heterocycles. The van der Waals surface area contributed by atoms with Crippen molar-refractivity contribution in [2.24, 2.45) is 5.92 Å². The Bertz CT molecular complexity index is 347. The van der Waals surface area contributed by atoms with Gasteiger partial charge in [-0.1, -0.05) is 13.8 Å². The highest BCUT2D eigenvalue weighted by Gasteiger charge is 2.14. The Morgan fingerprint density at radius 3 is 2.67 bits per heavy atom. The molecular weight excluding hydrogens is 226 g/mol. The summed E-state index contributed by atoms with van der Waals surface area (Å²) in [6.07, 6.45) is 0. The number of rotatable bonds is 8. The van der Waals surface area contributed by atoms with Crippen LogP contribution in [0.5, 0.6) is 0 Å². The van der Waals surface area contributed by atoms with Crippen LogP contribution >= 0.6 is 0 Å². The van der Waals surface area contributed by atoms with Gasteiger partial charge in [0.25, 0.3) is 0 Å². The molecule has 0 aliphatic rings. The fourth-order valence-corrected chi connectivity index (χ4v) is 1.98. The lowest BCUT2D eigenvalue weighted by atomic mass is 10.1. The summed E-state index contributed by atoms with van der Waals surface area (Å²) in [4.78, 5) is 0. The van der Waals surface area contributed by atoms with Crippen LogP contribution in [0.25, 0.3) is 0 Å². The smallest absolute Gasteiger partial charge is 0.0622 e. The highest BCUT2D eigenvalue weighted by atomic mass is 16.5. The van der Waals surface area contributed by atoms with Crippen molar-refractivity contribution in [3.63, 3.8) is 0 Å². The van der Waals surface area contributed by atoms with Crippen molar-refractivity contribution in [1.29, 1.82) is 0 Å². The van der Waals surface area contributed by atoms with Gasteiger partial charge in [-0.15, -0.1) is 0 Å². The Hall–Kier alpha value is -0.870. The lowest BCUT2D eigenvalue weighted by molar-refractivity contribution is 0.107. The Labute approximate surface area is 111 Å². The molecular formula is C14H27N3O. The van der Waals surface area contributed by atoms with Crippen LogP contribution in [0.3, 0.4) is 0 Å². The van der Waals surface area contributed by atoms with E-state index in [4.69, 9.17) is 4.74 Å². The van der Waals surface area contributed by atoms with Gasteiger partial charge in [0.2, 0.25) is 0 Å². The van der Waals surface area contributed by atoms with Gasteiger partial charge in [-0.2, -0.15) is 5.10 Å². The van der Waals surface area contributed by atoms with Gasteiger partial charge in [0.15, 0.2) is 0 Å². The molecule has 1 atom stereocenters. The number of hydrogen-bond acceptors (Lipinski definition) is 3. The largest absolute Gasteiger partial charge is 0.380 e. The molecule has 0 saturated carbocycles. The van der Waals surface area contributed by atoms with Crippen LogP contribution in [-0.4, -0.2) is 29.0 Å². The summed E-state index contributed by atoms with van der Waals surface area (Å²) in [6, 6.07) is 2.54. The fraction of sp³-hybridized carbons (Fsp3) is 0.786. The summed E-state index contributed by atoms with van der Waals surface area (Å²) in [6.45, 7) is 14.0. The lowest BCUT2D eigenvalue weighted by Gasteiger charge is -2.22. The molecule has 0 radical (unpaired) electrons. The van der Waals surface area contributed by atoms with Gasteiger partial charge in [-0.3, -0.25) is 4.68 Å². The van der Waals surface area contributed by atoms with Crippen molar-refractivity contribution in [2.75, 3.05) is 13.2 Å². The van der Waals surface area contributed by atoms with E-state index in [2.05, 4.69) is 41.9 Å². The van der Waals surface area contributed by atoms with Crippen LogP contribution in [0.15, 0.2) is 6.07 Å². The van der Waals surface area contributed by atoms with Gasteiger partial charge in [0.1, 0.15) is 0 Å². The molecule has 0 amide bonds. The molecule has 0 saturated heterocycles. The Balaban J connectivity index is 2.55. The number of aryl methyl sites for hydroxylation is 2. The zero-order valence-corrected chi connectivity index (χ0v) is 12.4. The average Bonchev–Trinajstić information content (AvgIpc) is 2.69. The van der Waals surface area contributed by atoms with Gasteiger partial charge in [0.05, 0.1) is 18.0 Å². The molecule has 4 nitrogen and oxygen atoms in total. The second kappa shape index (κ2) is 7.54. The van der Waals surface area contributed by atoms with Crippen LogP contribution in [0.2, 0.25) is 0 Å². The first-order chi connectivity index (χ1) is 8.58. The molecule has 0 spiro atoms. The third kappa shape index (κ3) is 4.42. The molecule has 1 unspecified atom stereocenters. The van der Waals surface area contributed by atoms with Crippen molar-refractivity contribution in [3.05, 3.63) is 17.5 Å². The minimum Gasteiger partial charge on any atom is -0.380 e. The Kier molecular flexibility index (Phi) is 6.36. The van der Waals surface area contributed by atoms with Crippen molar-refractivity contribution in [3.8, 4) is 0 Å². The maximum Gasteiger partial charge on any atom is 0.0622 e. The predicted molar refractivity (Wildman–Crippen MR) is 74.6 cm³/mol. The van der Waals surface area contributed by atoms with Crippen LogP contribution in [0.4, 0.5) is 0 Å². The summed E-state index contributed by atoms with van der Waals surface area (Å²) < 4.78 is 7.58. The van der Waals surface area contributed by atoms with Gasteiger partial charge in [-0.25, -0.2) is 0 Å². The minimum absolute atomic E-state index is 0.394. The van der Waals surface area contributed by atoms with Crippen LogP contribution in [-0.2, 0) is 17.8 Å². The van der Waals surface area contributed by atoms with E-state index in [1.165, 1.54) is 5.69 Å². The highest BCUT2D eigenvalue weighted by molar-refractivity contribution is 5.08. The van der Waals surface area contributed by atoms with E-state index in [-0.39, 0.29) is 0 Å². The van der Waals surface area contributed by atoms with Crippen molar-refractivity contribution in [2.45, 2.75) is 53.8 Å². The third-order valence-electron chi connectivity index (χ3n) is 3.14. The van der Waals surface area contributed by atoms with Crippen LogP contribution in [0.1, 0.15) is 39.1 Å². The lowest BCUT2D eigenvalue weighted by Crippen LogP contribution is -2.38. The fourth-order valence-electron chi connectivity index (χ4n) is 1.98. The van der Waals surface area contributed by atoms with E-state index in [1.54, 1.807) is 0 Å². The molecule has 0 aliphatic heterocycles. The molecule has 0 aromatic carbocycles. The molecule has 1 aromatic rings. The second-order valence-corrected chi connectivity index (χ2v) is 4.98. The van der Waals surface area contributed by atoms with E-state index in [0.717, 1.165) is 32.0 Å². The van der Waals surface area contributed by atoms with E-state index in [1.807, 2.05) is 13.8 Å². The quantitative estimate of drug-likeness (QED) is 0.773. The molecule has 0 fully saturated rings. The maximum absolute atomic E-state index is 5.52. The van der Waals surface area contributed by atoms with E-state index < -0.39 is 0 Å². The third-order valence-corrected chi connectivity index (χ3v) is 3.14. The second-order valence-electron chi connectivity index (χ2n) is 4.98. The van der Waals surface area contributed by atoms with Crippen molar-refractivity contribution >= 4 is 0 Å². The van der Waals surface area contributed by atoms with E-state index >= 15 is 0 Å². The maximum atomic E-state index is 5.52. The standard InChI is InChI=1S/C14H27N3O/c1-6-17-13(8-12(5)16-17)9-15-14(11(3)4)10-18-7-2/h8,11,14-15H,6-7,9-10H2,1-5H3. The summed E-state index contributed by atoms with van der Waals surface area (Å²) in [7, 11) is 0. The molecule has 1 heterocycles. The van der Waals surface area contributed by atoms with Gasteiger partial charge in [-0.05, 0) is 32.8 Å². The summed E-state index contributed by atoms with van der Waals surface area (Å²) in [5, 5.41) is 8.03. The first-order valence-electron chi connectivity index (χ1n) is 6.92. The Morgan fingerprint density at radius 1 is 1.39 bits per heavy atom. The van der Waals surface area contributed by atoms with Crippen molar-refractivity contribution < 1.29 is 4.74 Å². The van der Waals surface area contributed by atoms with Crippen LogP contribution < -0.4 is 5.32 Å². The summed E-state index contributed by atoms with van der Waals surface area (Å²) in [5.41, 5.74) is 2.33. The molecule has 18 heavy (non-hydrogen) atoms.